The molecule has 5 heteroatoms. The number of hydrogen-bond acceptors (Lipinski definition) is 5. The summed E-state index contributed by atoms with van der Waals surface area (Å²) in [6.45, 7) is 4.29. The van der Waals surface area contributed by atoms with E-state index in [1.165, 1.54) is 30.5 Å². The molecule has 1 aliphatic heterocycles. The van der Waals surface area contributed by atoms with Crippen molar-refractivity contribution in [2.45, 2.75) is 39.2 Å². The Labute approximate surface area is 184 Å². The Bertz CT molecular complexity index is 982. The second kappa shape index (κ2) is 9.92. The van der Waals surface area contributed by atoms with Crippen LogP contribution in [0.3, 0.4) is 0 Å². The Hall–Kier alpha value is -2.92. The van der Waals surface area contributed by atoms with Crippen LogP contribution in [0.5, 0.6) is 5.75 Å². The van der Waals surface area contributed by atoms with Crippen LogP contribution in [0.4, 0.5) is 5.69 Å². The van der Waals surface area contributed by atoms with E-state index >= 15 is 0 Å². The van der Waals surface area contributed by atoms with E-state index in [0.717, 1.165) is 24.6 Å². The Morgan fingerprint density at radius 1 is 0.968 bits per heavy atom. The maximum absolute atomic E-state index is 10.1. The molecule has 4 rings (SSSR count). The number of ether oxygens (including phenoxy) is 1. The first-order chi connectivity index (χ1) is 15.1. The van der Waals surface area contributed by atoms with Gasteiger partial charge in [0.2, 0.25) is 0 Å². The van der Waals surface area contributed by atoms with E-state index in [4.69, 9.17) is 4.74 Å². The van der Waals surface area contributed by atoms with E-state index in [9.17, 15) is 5.11 Å². The number of aromatic hydroxyl groups is 1. The molecule has 0 bridgehead atoms. The van der Waals surface area contributed by atoms with E-state index < -0.39 is 0 Å². The minimum Gasteiger partial charge on any atom is -0.504 e. The van der Waals surface area contributed by atoms with Gasteiger partial charge in [-0.2, -0.15) is 0 Å². The maximum atomic E-state index is 10.1. The molecule has 162 valence electrons. The fourth-order valence-electron chi connectivity index (χ4n) is 4.36. The topological polar surface area (TPSA) is 58.5 Å². The van der Waals surface area contributed by atoms with E-state index in [2.05, 4.69) is 69.5 Å². The molecule has 3 aromatic rings. The van der Waals surface area contributed by atoms with Gasteiger partial charge in [0.05, 0.1) is 12.3 Å². The minimum absolute atomic E-state index is 0.122. The smallest absolute Gasteiger partial charge is 0.160 e. The lowest BCUT2D eigenvalue weighted by molar-refractivity contribution is 0.177. The molecule has 2 heterocycles. The number of aryl methyl sites for hydroxylation is 1. The van der Waals surface area contributed by atoms with Crippen LogP contribution in [-0.4, -0.2) is 35.3 Å². The summed E-state index contributed by atoms with van der Waals surface area (Å²) in [6, 6.07) is 19.6. The van der Waals surface area contributed by atoms with Crippen molar-refractivity contribution >= 4 is 5.69 Å². The van der Waals surface area contributed by atoms with Gasteiger partial charge in [-0.15, -0.1) is 0 Å². The lowest BCUT2D eigenvalue weighted by Crippen LogP contribution is -2.34. The van der Waals surface area contributed by atoms with Crippen LogP contribution in [0.1, 0.15) is 41.2 Å². The summed E-state index contributed by atoms with van der Waals surface area (Å²) in [5.74, 6) is 1.60. The van der Waals surface area contributed by atoms with Crippen LogP contribution < -0.4 is 4.90 Å². The molecule has 0 aliphatic carbocycles. The Morgan fingerprint density at radius 3 is 2.35 bits per heavy atom. The van der Waals surface area contributed by atoms with Gasteiger partial charge in [0, 0.05) is 32.3 Å². The van der Waals surface area contributed by atoms with Crippen LogP contribution in [-0.2, 0) is 24.2 Å². The van der Waals surface area contributed by atoms with E-state index in [1.807, 2.05) is 0 Å². The lowest BCUT2D eigenvalue weighted by Gasteiger charge is -2.33. The quantitative estimate of drug-likeness (QED) is 0.604. The molecule has 1 aliphatic rings. The minimum atomic E-state index is 0.122. The van der Waals surface area contributed by atoms with Crippen molar-refractivity contribution in [1.82, 2.24) is 9.97 Å². The van der Waals surface area contributed by atoms with Gasteiger partial charge in [-0.3, -0.25) is 0 Å². The Kier molecular flexibility index (Phi) is 6.82. The number of piperidine rings is 1. The summed E-state index contributed by atoms with van der Waals surface area (Å²) in [5.41, 5.74) is 5.03. The van der Waals surface area contributed by atoms with E-state index in [0.29, 0.717) is 23.6 Å². The third-order valence-corrected chi connectivity index (χ3v) is 6.10. The van der Waals surface area contributed by atoms with Crippen LogP contribution in [0, 0.1) is 12.8 Å². The molecule has 1 saturated heterocycles. The van der Waals surface area contributed by atoms with Crippen LogP contribution in [0.15, 0.2) is 54.6 Å². The first kappa shape index (κ1) is 21.3. The number of nitrogens with zero attached hydrogens (tertiary/aromatic N) is 3. The number of hydrogen-bond donors (Lipinski definition) is 1. The Balaban J connectivity index is 1.35. The fourth-order valence-corrected chi connectivity index (χ4v) is 4.36. The predicted octanol–water partition coefficient (Wildman–Crippen LogP) is 4.69. The normalized spacial score (nSPS) is 14.7. The molecule has 0 radical (unpaired) electrons. The van der Waals surface area contributed by atoms with Gasteiger partial charge < -0.3 is 14.7 Å². The van der Waals surface area contributed by atoms with Crippen molar-refractivity contribution in [2.24, 2.45) is 5.92 Å². The second-order valence-corrected chi connectivity index (χ2v) is 8.42. The predicted molar refractivity (Wildman–Crippen MR) is 123 cm³/mol. The molecule has 2 aromatic carbocycles. The lowest BCUT2D eigenvalue weighted by atomic mass is 9.90. The van der Waals surface area contributed by atoms with Gasteiger partial charge in [0.15, 0.2) is 5.75 Å². The summed E-state index contributed by atoms with van der Waals surface area (Å²) >= 11 is 0. The molecule has 1 aromatic heterocycles. The van der Waals surface area contributed by atoms with E-state index in [-0.39, 0.29) is 12.4 Å². The molecular weight excluding hydrogens is 386 g/mol. The van der Waals surface area contributed by atoms with Gasteiger partial charge in [-0.25, -0.2) is 9.97 Å². The molecule has 0 unspecified atom stereocenters. The van der Waals surface area contributed by atoms with Crippen LogP contribution >= 0.6 is 0 Å². The summed E-state index contributed by atoms with van der Waals surface area (Å²) < 4.78 is 5.14. The molecule has 1 N–H and O–H groups in total. The number of methoxy groups -OCH3 is 1. The highest BCUT2D eigenvalue weighted by molar-refractivity contribution is 5.48. The molecule has 0 atom stereocenters. The zero-order valence-electron chi connectivity index (χ0n) is 18.4. The standard InChI is InChI=1S/C26H31N3O2/c1-19-26(30)24(18-31-2)28-25(27-19)17-21-8-10-23(11-9-21)29-14-12-22(13-15-29)16-20-6-4-3-5-7-20/h3-11,22,30H,12-18H2,1-2H3. The van der Waals surface area contributed by atoms with Gasteiger partial charge >= 0.3 is 0 Å². The number of aromatic nitrogens is 2. The number of rotatable bonds is 7. The summed E-state index contributed by atoms with van der Waals surface area (Å²) in [6.07, 6.45) is 4.29. The summed E-state index contributed by atoms with van der Waals surface area (Å²) in [5, 5.41) is 10.1. The van der Waals surface area contributed by atoms with Gasteiger partial charge in [-0.05, 0) is 55.4 Å². The fraction of sp³-hybridized carbons (Fsp3) is 0.385. The highest BCUT2D eigenvalue weighted by atomic mass is 16.5. The van der Waals surface area contributed by atoms with Crippen molar-refractivity contribution < 1.29 is 9.84 Å². The molecule has 31 heavy (non-hydrogen) atoms. The van der Waals surface area contributed by atoms with Crippen molar-refractivity contribution in [2.75, 3.05) is 25.1 Å². The molecular formula is C26H31N3O2. The number of anilines is 1. The second-order valence-electron chi connectivity index (χ2n) is 8.42. The molecule has 1 fully saturated rings. The van der Waals surface area contributed by atoms with Gasteiger partial charge in [0.1, 0.15) is 11.5 Å². The highest BCUT2D eigenvalue weighted by Crippen LogP contribution is 2.26. The summed E-state index contributed by atoms with van der Waals surface area (Å²) in [4.78, 5) is 11.4. The molecule has 0 amide bonds. The van der Waals surface area contributed by atoms with Gasteiger partial charge in [-0.1, -0.05) is 42.5 Å². The number of benzene rings is 2. The van der Waals surface area contributed by atoms with Crippen molar-refractivity contribution in [3.63, 3.8) is 0 Å². The monoisotopic (exact) mass is 417 g/mol. The zero-order chi connectivity index (χ0) is 21.6. The molecule has 0 spiro atoms. The zero-order valence-corrected chi connectivity index (χ0v) is 18.4. The van der Waals surface area contributed by atoms with Crippen LogP contribution in [0.2, 0.25) is 0 Å². The molecule has 5 nitrogen and oxygen atoms in total. The van der Waals surface area contributed by atoms with Crippen molar-refractivity contribution in [3.8, 4) is 5.75 Å². The molecule has 0 saturated carbocycles. The van der Waals surface area contributed by atoms with E-state index in [1.54, 1.807) is 14.0 Å². The van der Waals surface area contributed by atoms with Gasteiger partial charge in [0.25, 0.3) is 0 Å². The highest BCUT2D eigenvalue weighted by Gasteiger charge is 2.20. The van der Waals surface area contributed by atoms with Crippen molar-refractivity contribution in [3.05, 3.63) is 82.9 Å². The maximum Gasteiger partial charge on any atom is 0.160 e. The third kappa shape index (κ3) is 5.42. The average Bonchev–Trinajstić information content (AvgIpc) is 2.79. The summed E-state index contributed by atoms with van der Waals surface area (Å²) in [7, 11) is 1.60. The van der Waals surface area contributed by atoms with Crippen LogP contribution in [0.25, 0.3) is 0 Å². The largest absolute Gasteiger partial charge is 0.504 e. The third-order valence-electron chi connectivity index (χ3n) is 6.10. The SMILES string of the molecule is COCc1nc(Cc2ccc(N3CCC(Cc4ccccc4)CC3)cc2)nc(C)c1O. The first-order valence-corrected chi connectivity index (χ1v) is 11.0. The Morgan fingerprint density at radius 2 is 1.68 bits per heavy atom. The average molecular weight is 418 g/mol. The van der Waals surface area contributed by atoms with Crippen molar-refractivity contribution in [1.29, 1.82) is 0 Å². The first-order valence-electron chi connectivity index (χ1n) is 11.0.